The second kappa shape index (κ2) is 6.82. The molecule has 7 nitrogen and oxygen atoms in total. The third-order valence-corrected chi connectivity index (χ3v) is 5.01. The van der Waals surface area contributed by atoms with Crippen LogP contribution in [0.25, 0.3) is 32.6 Å². The van der Waals surface area contributed by atoms with E-state index in [1.165, 1.54) is 23.5 Å². The van der Waals surface area contributed by atoms with E-state index in [0.717, 1.165) is 0 Å². The van der Waals surface area contributed by atoms with Gasteiger partial charge in [0, 0.05) is 23.1 Å². The molecule has 0 radical (unpaired) electrons. The third-order valence-electron chi connectivity index (χ3n) is 3.85. The predicted molar refractivity (Wildman–Crippen MR) is 105 cm³/mol. The number of halogens is 1. The van der Waals surface area contributed by atoms with Crippen LogP contribution in [0, 0.1) is 10.1 Å². The number of nitro groups is 1. The molecule has 27 heavy (non-hydrogen) atoms. The van der Waals surface area contributed by atoms with Gasteiger partial charge < -0.3 is 9.40 Å². The number of hydrogen-bond acceptors (Lipinski definition) is 6. The van der Waals surface area contributed by atoms with Crippen molar-refractivity contribution in [3.8, 4) is 11.3 Å². The molecular weight excluding hydrogens is 390 g/mol. The quantitative estimate of drug-likeness (QED) is 0.388. The number of fused-ring (bicyclic) bond motifs is 1. The van der Waals surface area contributed by atoms with E-state index in [4.69, 9.17) is 16.0 Å². The van der Waals surface area contributed by atoms with Crippen molar-refractivity contribution in [2.75, 3.05) is 0 Å². The maximum Gasteiger partial charge on any atom is 0.269 e. The second-order valence-corrected chi connectivity index (χ2v) is 6.83. The summed E-state index contributed by atoms with van der Waals surface area (Å²) in [4.78, 5) is 30.4. The Hall–Kier alpha value is -3.23. The summed E-state index contributed by atoms with van der Waals surface area (Å²) in [6.45, 7) is 0. The Morgan fingerprint density at radius 2 is 2.07 bits per heavy atom. The van der Waals surface area contributed by atoms with Gasteiger partial charge in [0.25, 0.3) is 11.2 Å². The second-order valence-electron chi connectivity index (χ2n) is 5.56. The van der Waals surface area contributed by atoms with Crippen molar-refractivity contribution in [2.45, 2.75) is 0 Å². The van der Waals surface area contributed by atoms with Crippen LogP contribution in [-0.2, 0) is 0 Å². The van der Waals surface area contributed by atoms with Gasteiger partial charge in [0.1, 0.15) is 10.6 Å². The van der Waals surface area contributed by atoms with Crippen LogP contribution in [0.5, 0.6) is 0 Å². The van der Waals surface area contributed by atoms with Crippen LogP contribution in [-0.4, -0.2) is 14.9 Å². The van der Waals surface area contributed by atoms with Crippen LogP contribution in [0.4, 0.5) is 5.69 Å². The molecule has 0 spiro atoms. The van der Waals surface area contributed by atoms with E-state index >= 15 is 0 Å². The zero-order valence-electron chi connectivity index (χ0n) is 13.5. The molecule has 1 aromatic carbocycles. The van der Waals surface area contributed by atoms with Crippen molar-refractivity contribution < 1.29 is 9.34 Å². The lowest BCUT2D eigenvalue weighted by molar-refractivity contribution is -0.384. The average Bonchev–Trinajstić information content (AvgIpc) is 3.31. The van der Waals surface area contributed by atoms with Crippen molar-refractivity contribution in [3.63, 3.8) is 0 Å². The fraction of sp³-hybridized carbons (Fsp3) is 0. The Morgan fingerprint density at radius 1 is 1.30 bits per heavy atom. The summed E-state index contributed by atoms with van der Waals surface area (Å²) >= 11 is 7.62. The van der Waals surface area contributed by atoms with Crippen molar-refractivity contribution >= 4 is 50.0 Å². The molecular formula is C18H10ClN3O4S. The fourth-order valence-electron chi connectivity index (χ4n) is 2.58. The van der Waals surface area contributed by atoms with E-state index in [-0.39, 0.29) is 22.1 Å². The normalized spacial score (nSPS) is 11.8. The number of nitrogens with one attached hydrogen (secondary N) is 1. The van der Waals surface area contributed by atoms with E-state index in [9.17, 15) is 14.9 Å². The van der Waals surface area contributed by atoms with Crippen LogP contribution in [0.2, 0.25) is 0 Å². The molecule has 0 saturated heterocycles. The molecule has 0 aliphatic heterocycles. The Labute approximate surface area is 160 Å². The number of thiophene rings is 1. The highest BCUT2D eigenvalue weighted by molar-refractivity contribution is 7.17. The van der Waals surface area contributed by atoms with E-state index < -0.39 is 4.92 Å². The summed E-state index contributed by atoms with van der Waals surface area (Å²) in [6, 6.07) is 9.41. The molecule has 1 N–H and O–H groups in total. The van der Waals surface area contributed by atoms with Crippen molar-refractivity contribution in [1.82, 2.24) is 9.97 Å². The van der Waals surface area contributed by atoms with E-state index in [2.05, 4.69) is 9.97 Å². The van der Waals surface area contributed by atoms with Gasteiger partial charge in [0.05, 0.1) is 21.6 Å². The monoisotopic (exact) mass is 399 g/mol. The number of H-pyrrole nitrogens is 1. The summed E-state index contributed by atoms with van der Waals surface area (Å²) in [5.74, 6) is 0.814. The molecule has 0 amide bonds. The van der Waals surface area contributed by atoms with Crippen LogP contribution >= 0.6 is 22.9 Å². The number of furan rings is 1. The molecule has 0 unspecified atom stereocenters. The smallest absolute Gasteiger partial charge is 0.269 e. The number of benzene rings is 1. The molecule has 0 fully saturated rings. The number of hydrogen-bond donors (Lipinski definition) is 1. The van der Waals surface area contributed by atoms with E-state index in [1.807, 2.05) is 5.38 Å². The molecule has 134 valence electrons. The minimum atomic E-state index is -0.477. The Kier molecular flexibility index (Phi) is 4.35. The first-order valence-electron chi connectivity index (χ1n) is 7.70. The van der Waals surface area contributed by atoms with Crippen molar-refractivity contribution in [2.24, 2.45) is 0 Å². The molecule has 4 rings (SSSR count). The number of nitro benzene ring substituents is 1. The lowest BCUT2D eigenvalue weighted by atomic mass is 10.2. The van der Waals surface area contributed by atoms with Gasteiger partial charge in [-0.05, 0) is 35.9 Å². The van der Waals surface area contributed by atoms with Gasteiger partial charge in [-0.15, -0.1) is 11.3 Å². The largest absolute Gasteiger partial charge is 0.464 e. The number of aromatic nitrogens is 2. The van der Waals surface area contributed by atoms with Crippen LogP contribution in [0.3, 0.4) is 0 Å². The van der Waals surface area contributed by atoms with Gasteiger partial charge in [-0.3, -0.25) is 14.9 Å². The molecule has 0 aliphatic carbocycles. The Morgan fingerprint density at radius 3 is 2.74 bits per heavy atom. The van der Waals surface area contributed by atoms with Crippen molar-refractivity contribution in [1.29, 1.82) is 0 Å². The molecule has 9 heteroatoms. The molecule has 0 aliphatic rings. The minimum Gasteiger partial charge on any atom is -0.464 e. The number of non-ortho nitro benzene ring substituents is 1. The van der Waals surface area contributed by atoms with Crippen LogP contribution in [0.1, 0.15) is 11.4 Å². The SMILES string of the molecule is O=c1[nH]c(/C(Cl)=C/c2ccc([N+](=O)[O-])cc2)nc2scc(-c3ccco3)c12. The zero-order chi connectivity index (χ0) is 19.0. The molecule has 3 aromatic heterocycles. The van der Waals surface area contributed by atoms with Gasteiger partial charge in [-0.1, -0.05) is 11.6 Å². The van der Waals surface area contributed by atoms with Crippen LogP contribution < -0.4 is 5.56 Å². The Balaban J connectivity index is 1.73. The van der Waals surface area contributed by atoms with Gasteiger partial charge in [0.2, 0.25) is 0 Å². The average molecular weight is 400 g/mol. The molecule has 3 heterocycles. The van der Waals surface area contributed by atoms with Gasteiger partial charge >= 0.3 is 0 Å². The highest BCUT2D eigenvalue weighted by Crippen LogP contribution is 2.32. The highest BCUT2D eigenvalue weighted by atomic mass is 35.5. The van der Waals surface area contributed by atoms with Gasteiger partial charge in [-0.25, -0.2) is 4.98 Å². The molecule has 0 saturated carbocycles. The number of rotatable bonds is 4. The molecule has 0 bridgehead atoms. The topological polar surface area (TPSA) is 102 Å². The third kappa shape index (κ3) is 3.27. The summed E-state index contributed by atoms with van der Waals surface area (Å²) in [5.41, 5.74) is 0.990. The van der Waals surface area contributed by atoms with E-state index in [0.29, 0.717) is 27.1 Å². The zero-order valence-corrected chi connectivity index (χ0v) is 15.1. The fourth-order valence-corrected chi connectivity index (χ4v) is 3.73. The maximum absolute atomic E-state index is 12.6. The van der Waals surface area contributed by atoms with Crippen molar-refractivity contribution in [3.05, 3.63) is 79.9 Å². The summed E-state index contributed by atoms with van der Waals surface area (Å²) in [6.07, 6.45) is 3.12. The van der Waals surface area contributed by atoms with Crippen LogP contribution in [0.15, 0.2) is 57.3 Å². The maximum atomic E-state index is 12.6. The molecule has 0 atom stereocenters. The van der Waals surface area contributed by atoms with E-state index in [1.54, 1.807) is 36.6 Å². The first-order chi connectivity index (χ1) is 13.0. The van der Waals surface area contributed by atoms with Gasteiger partial charge in [-0.2, -0.15) is 0 Å². The first-order valence-corrected chi connectivity index (χ1v) is 8.96. The lowest BCUT2D eigenvalue weighted by Crippen LogP contribution is -2.10. The summed E-state index contributed by atoms with van der Waals surface area (Å²) in [7, 11) is 0. The van der Waals surface area contributed by atoms with Gasteiger partial charge in [0.15, 0.2) is 5.82 Å². The Bertz CT molecular complexity index is 1220. The predicted octanol–water partition coefficient (Wildman–Crippen LogP) is 4.89. The minimum absolute atomic E-state index is 0.0136. The number of aromatic amines is 1. The standard InChI is InChI=1S/C18H10ClN3O4S/c19-13(8-10-3-5-11(6-4-10)22(24)25)16-20-17(23)15-12(9-27-18(15)21-16)14-2-1-7-26-14/h1-9H,(H,20,21,23)/b13-8-. The lowest BCUT2D eigenvalue weighted by Gasteiger charge is -2.01. The first kappa shape index (κ1) is 17.2. The molecule has 4 aromatic rings. The summed E-state index contributed by atoms with van der Waals surface area (Å²) < 4.78 is 5.36. The summed E-state index contributed by atoms with van der Waals surface area (Å²) in [5, 5.41) is 13.2. The number of nitrogens with zero attached hydrogens (tertiary/aromatic N) is 2. The highest BCUT2D eigenvalue weighted by Gasteiger charge is 2.15.